The first-order valence-electron chi connectivity index (χ1n) is 7.70. The number of nitrogens with zero attached hydrogens (tertiary/aromatic N) is 4. The molecule has 0 spiro atoms. The van der Waals surface area contributed by atoms with Crippen LogP contribution in [0.1, 0.15) is 37.3 Å². The maximum atomic E-state index is 12.7. The second kappa shape index (κ2) is 7.18. The normalized spacial score (nSPS) is 23.0. The lowest BCUT2D eigenvalue weighted by atomic mass is 9.85. The van der Waals surface area contributed by atoms with E-state index < -0.39 is 12.1 Å². The van der Waals surface area contributed by atoms with E-state index in [1.165, 1.54) is 0 Å². The van der Waals surface area contributed by atoms with Crippen LogP contribution in [0.15, 0.2) is 4.99 Å². The molecule has 1 heterocycles. The van der Waals surface area contributed by atoms with E-state index in [1.807, 2.05) is 18.5 Å². The van der Waals surface area contributed by atoms with E-state index in [-0.39, 0.29) is 18.9 Å². The Labute approximate surface area is 133 Å². The van der Waals surface area contributed by atoms with Crippen molar-refractivity contribution in [2.75, 3.05) is 7.05 Å². The molecule has 0 aliphatic heterocycles. The molecule has 1 fully saturated rings. The lowest BCUT2D eigenvalue weighted by Gasteiger charge is -2.31. The highest BCUT2D eigenvalue weighted by Crippen LogP contribution is 2.37. The molecule has 1 aliphatic carbocycles. The molecule has 1 aliphatic rings. The van der Waals surface area contributed by atoms with Crippen molar-refractivity contribution in [3.63, 3.8) is 0 Å². The molecule has 1 aromatic heterocycles. The SMILES string of the molecule is CN=C(NCc1nnc(C)n1C)NC1CCC(C(F)(F)F)CC1. The lowest BCUT2D eigenvalue weighted by molar-refractivity contribution is -0.182. The number of halogens is 3. The average molecular weight is 332 g/mol. The summed E-state index contributed by atoms with van der Waals surface area (Å²) in [5, 5.41) is 14.3. The van der Waals surface area contributed by atoms with Crippen molar-refractivity contribution in [1.82, 2.24) is 25.4 Å². The van der Waals surface area contributed by atoms with Crippen molar-refractivity contribution >= 4 is 5.96 Å². The predicted octanol–water partition coefficient (Wildman–Crippen LogP) is 1.91. The van der Waals surface area contributed by atoms with Crippen LogP contribution in [0, 0.1) is 12.8 Å². The zero-order chi connectivity index (χ0) is 17.0. The fourth-order valence-electron chi connectivity index (χ4n) is 2.72. The molecule has 0 unspecified atom stereocenters. The van der Waals surface area contributed by atoms with Crippen molar-refractivity contribution in [2.24, 2.45) is 18.0 Å². The number of hydrogen-bond donors (Lipinski definition) is 2. The number of aliphatic imine (C=N–C) groups is 1. The van der Waals surface area contributed by atoms with Crippen LogP contribution in [0.3, 0.4) is 0 Å². The molecule has 2 N–H and O–H groups in total. The maximum absolute atomic E-state index is 12.7. The molecule has 1 saturated carbocycles. The van der Waals surface area contributed by atoms with Gasteiger partial charge in [0.25, 0.3) is 0 Å². The highest BCUT2D eigenvalue weighted by molar-refractivity contribution is 5.79. The van der Waals surface area contributed by atoms with Gasteiger partial charge in [0.2, 0.25) is 0 Å². The van der Waals surface area contributed by atoms with E-state index in [1.54, 1.807) is 7.05 Å². The maximum Gasteiger partial charge on any atom is 0.391 e. The standard InChI is InChI=1S/C14H23F3N6/c1-9-21-22-12(23(9)3)8-19-13(18-2)20-11-6-4-10(5-7-11)14(15,16)17/h10-11H,4-8H2,1-3H3,(H2,18,19,20). The number of aromatic nitrogens is 3. The molecule has 1 aromatic rings. The van der Waals surface area contributed by atoms with Gasteiger partial charge in [-0.2, -0.15) is 13.2 Å². The predicted molar refractivity (Wildman–Crippen MR) is 80.9 cm³/mol. The summed E-state index contributed by atoms with van der Waals surface area (Å²) >= 11 is 0. The zero-order valence-corrected chi connectivity index (χ0v) is 13.6. The van der Waals surface area contributed by atoms with E-state index in [4.69, 9.17) is 0 Å². The van der Waals surface area contributed by atoms with Gasteiger partial charge in [0.05, 0.1) is 12.5 Å². The minimum absolute atomic E-state index is 0.0148. The quantitative estimate of drug-likeness (QED) is 0.655. The summed E-state index contributed by atoms with van der Waals surface area (Å²) < 4.78 is 39.9. The van der Waals surface area contributed by atoms with Crippen molar-refractivity contribution in [3.05, 3.63) is 11.6 Å². The van der Waals surface area contributed by atoms with Gasteiger partial charge in [0.15, 0.2) is 11.8 Å². The number of rotatable bonds is 3. The first-order valence-corrected chi connectivity index (χ1v) is 7.70. The Morgan fingerprint density at radius 3 is 2.39 bits per heavy atom. The summed E-state index contributed by atoms with van der Waals surface area (Å²) in [4.78, 5) is 4.12. The minimum Gasteiger partial charge on any atom is -0.354 e. The van der Waals surface area contributed by atoms with Crippen LogP contribution in [-0.4, -0.2) is 40.0 Å². The summed E-state index contributed by atoms with van der Waals surface area (Å²) in [6.45, 7) is 2.32. The number of hydrogen-bond acceptors (Lipinski definition) is 3. The number of nitrogens with one attached hydrogen (secondary N) is 2. The van der Waals surface area contributed by atoms with Crippen molar-refractivity contribution in [2.45, 2.75) is 51.4 Å². The fraction of sp³-hybridized carbons (Fsp3) is 0.786. The van der Waals surface area contributed by atoms with Crippen molar-refractivity contribution in [1.29, 1.82) is 0 Å². The Bertz CT molecular complexity index is 543. The van der Waals surface area contributed by atoms with Crippen LogP contribution < -0.4 is 10.6 Å². The molecule has 0 atom stereocenters. The third-order valence-electron chi connectivity index (χ3n) is 4.35. The number of alkyl halides is 3. The summed E-state index contributed by atoms with van der Waals surface area (Å²) in [5.41, 5.74) is 0. The van der Waals surface area contributed by atoms with E-state index >= 15 is 0 Å². The molecule has 130 valence electrons. The molecule has 23 heavy (non-hydrogen) atoms. The number of guanidine groups is 1. The Kier molecular flexibility index (Phi) is 5.48. The van der Waals surface area contributed by atoms with Crippen LogP contribution in [0.4, 0.5) is 13.2 Å². The molecule has 6 nitrogen and oxygen atoms in total. The third-order valence-corrected chi connectivity index (χ3v) is 4.35. The first-order chi connectivity index (χ1) is 10.8. The smallest absolute Gasteiger partial charge is 0.354 e. The monoisotopic (exact) mass is 332 g/mol. The molecular weight excluding hydrogens is 309 g/mol. The van der Waals surface area contributed by atoms with Crippen LogP contribution >= 0.6 is 0 Å². The third kappa shape index (κ3) is 4.59. The highest BCUT2D eigenvalue weighted by Gasteiger charge is 2.41. The molecule has 0 saturated heterocycles. The summed E-state index contributed by atoms with van der Waals surface area (Å²) in [6, 6.07) is 0.0148. The van der Waals surface area contributed by atoms with Gasteiger partial charge in [0.1, 0.15) is 5.82 Å². The molecular formula is C14H23F3N6. The molecule has 0 aromatic carbocycles. The van der Waals surface area contributed by atoms with Gasteiger partial charge in [-0.15, -0.1) is 10.2 Å². The highest BCUT2D eigenvalue weighted by atomic mass is 19.4. The van der Waals surface area contributed by atoms with Crippen molar-refractivity contribution in [3.8, 4) is 0 Å². The largest absolute Gasteiger partial charge is 0.391 e. The van der Waals surface area contributed by atoms with E-state index in [0.717, 1.165) is 11.6 Å². The number of aryl methyl sites for hydroxylation is 1. The van der Waals surface area contributed by atoms with Gasteiger partial charge < -0.3 is 15.2 Å². The second-order valence-corrected chi connectivity index (χ2v) is 5.88. The topological polar surface area (TPSA) is 67.1 Å². The Morgan fingerprint density at radius 1 is 1.26 bits per heavy atom. The van der Waals surface area contributed by atoms with Crippen LogP contribution in [0.25, 0.3) is 0 Å². The van der Waals surface area contributed by atoms with Gasteiger partial charge in [-0.25, -0.2) is 0 Å². The first kappa shape index (κ1) is 17.6. The Hall–Kier alpha value is -1.80. The van der Waals surface area contributed by atoms with Crippen LogP contribution in [0.5, 0.6) is 0 Å². The van der Waals surface area contributed by atoms with Gasteiger partial charge >= 0.3 is 6.18 Å². The zero-order valence-electron chi connectivity index (χ0n) is 13.6. The average Bonchev–Trinajstić information content (AvgIpc) is 2.82. The molecule has 9 heteroatoms. The molecule has 2 rings (SSSR count). The van der Waals surface area contributed by atoms with Crippen LogP contribution in [-0.2, 0) is 13.6 Å². The summed E-state index contributed by atoms with van der Waals surface area (Å²) in [7, 11) is 3.51. The van der Waals surface area contributed by atoms with Gasteiger partial charge in [-0.1, -0.05) is 0 Å². The van der Waals surface area contributed by atoms with Crippen LogP contribution in [0.2, 0.25) is 0 Å². The Morgan fingerprint density at radius 2 is 1.91 bits per heavy atom. The van der Waals surface area contributed by atoms with E-state index in [2.05, 4.69) is 25.8 Å². The fourth-order valence-corrected chi connectivity index (χ4v) is 2.72. The van der Waals surface area contributed by atoms with E-state index in [9.17, 15) is 13.2 Å². The summed E-state index contributed by atoms with van der Waals surface area (Å²) in [6.07, 6.45) is -2.75. The summed E-state index contributed by atoms with van der Waals surface area (Å²) in [5.74, 6) is 0.986. The van der Waals surface area contributed by atoms with Gasteiger partial charge in [-0.3, -0.25) is 4.99 Å². The van der Waals surface area contributed by atoms with Crippen molar-refractivity contribution < 1.29 is 13.2 Å². The molecule has 0 radical (unpaired) electrons. The second-order valence-electron chi connectivity index (χ2n) is 5.88. The van der Waals surface area contributed by atoms with E-state index in [0.29, 0.717) is 25.3 Å². The van der Waals surface area contributed by atoms with Gasteiger partial charge in [-0.05, 0) is 32.6 Å². The molecule has 0 amide bonds. The molecule has 0 bridgehead atoms. The van der Waals surface area contributed by atoms with Gasteiger partial charge in [0, 0.05) is 20.1 Å². The lowest BCUT2D eigenvalue weighted by Crippen LogP contribution is -2.45. The minimum atomic E-state index is -4.08. The Balaban J connectivity index is 1.81.